The van der Waals surface area contributed by atoms with E-state index in [1.165, 1.54) is 5.69 Å². The van der Waals surface area contributed by atoms with Gasteiger partial charge >= 0.3 is 0 Å². The Labute approximate surface area is 122 Å². The third-order valence-electron chi connectivity index (χ3n) is 3.81. The quantitative estimate of drug-likeness (QED) is 0.865. The highest BCUT2D eigenvalue weighted by Crippen LogP contribution is 2.15. The monoisotopic (exact) mass is 277 g/mol. The molecule has 1 aliphatic rings. The van der Waals surface area contributed by atoms with Crippen LogP contribution in [0.25, 0.3) is 0 Å². The lowest BCUT2D eigenvalue weighted by atomic mass is 10.1. The summed E-state index contributed by atoms with van der Waals surface area (Å²) in [5.74, 6) is 0. The Morgan fingerprint density at radius 1 is 1.30 bits per heavy atom. The number of hydrogen-bond donors (Lipinski definition) is 1. The zero-order valence-corrected chi connectivity index (χ0v) is 12.9. The molecule has 0 atom stereocenters. The van der Waals surface area contributed by atoms with Crippen LogP contribution in [0.2, 0.25) is 0 Å². The van der Waals surface area contributed by atoms with Gasteiger partial charge in [-0.1, -0.05) is 19.9 Å². The van der Waals surface area contributed by atoms with E-state index >= 15 is 0 Å². The topological polar surface area (TPSA) is 37.4 Å². The summed E-state index contributed by atoms with van der Waals surface area (Å²) in [7, 11) is 1.81. The van der Waals surface area contributed by atoms with Crippen LogP contribution >= 0.6 is 0 Å². The molecule has 0 unspecified atom stereocenters. The molecule has 4 nitrogen and oxygen atoms in total. The molecule has 0 radical (unpaired) electrons. The van der Waals surface area contributed by atoms with Gasteiger partial charge in [-0.2, -0.15) is 0 Å². The van der Waals surface area contributed by atoms with Crippen molar-refractivity contribution in [3.05, 3.63) is 29.6 Å². The SMILES string of the molecule is COC1CCN(Cc2cccc(CNC(C)C)n2)CC1. The Kier molecular flexibility index (Phi) is 5.95. The second kappa shape index (κ2) is 7.72. The van der Waals surface area contributed by atoms with Gasteiger partial charge in [-0.25, -0.2) is 0 Å². The van der Waals surface area contributed by atoms with Crippen molar-refractivity contribution in [1.29, 1.82) is 0 Å². The van der Waals surface area contributed by atoms with Crippen LogP contribution in [0.15, 0.2) is 18.2 Å². The summed E-state index contributed by atoms with van der Waals surface area (Å²) in [4.78, 5) is 7.21. The van der Waals surface area contributed by atoms with Crippen molar-refractivity contribution in [2.24, 2.45) is 0 Å². The maximum atomic E-state index is 5.41. The predicted molar refractivity (Wildman–Crippen MR) is 81.5 cm³/mol. The molecule has 0 bridgehead atoms. The van der Waals surface area contributed by atoms with Crippen LogP contribution in [0.3, 0.4) is 0 Å². The van der Waals surface area contributed by atoms with Crippen molar-refractivity contribution >= 4 is 0 Å². The molecule has 0 saturated carbocycles. The smallest absolute Gasteiger partial charge is 0.0595 e. The van der Waals surface area contributed by atoms with Crippen molar-refractivity contribution in [3.8, 4) is 0 Å². The van der Waals surface area contributed by atoms with Crippen LogP contribution < -0.4 is 5.32 Å². The predicted octanol–water partition coefficient (Wildman–Crippen LogP) is 2.19. The molecule has 2 rings (SSSR count). The number of aromatic nitrogens is 1. The number of piperidine rings is 1. The Balaban J connectivity index is 1.85. The highest BCUT2D eigenvalue weighted by atomic mass is 16.5. The van der Waals surface area contributed by atoms with Crippen LogP contribution in [0.1, 0.15) is 38.1 Å². The molecule has 20 heavy (non-hydrogen) atoms. The number of likely N-dealkylation sites (tertiary alicyclic amines) is 1. The van der Waals surface area contributed by atoms with Crippen molar-refractivity contribution in [1.82, 2.24) is 15.2 Å². The van der Waals surface area contributed by atoms with Gasteiger partial charge in [-0.15, -0.1) is 0 Å². The standard InChI is InChI=1S/C16H27N3O/c1-13(2)17-11-14-5-4-6-15(18-14)12-19-9-7-16(20-3)8-10-19/h4-6,13,16-17H,7-12H2,1-3H3. The Morgan fingerprint density at radius 3 is 2.65 bits per heavy atom. The first kappa shape index (κ1) is 15.4. The van der Waals surface area contributed by atoms with Crippen molar-refractivity contribution < 1.29 is 4.74 Å². The highest BCUT2D eigenvalue weighted by molar-refractivity contribution is 5.11. The molecule has 2 heterocycles. The minimum Gasteiger partial charge on any atom is -0.381 e. The molecule has 1 aromatic heterocycles. The van der Waals surface area contributed by atoms with E-state index in [0.717, 1.165) is 44.7 Å². The first-order valence-electron chi connectivity index (χ1n) is 7.60. The van der Waals surface area contributed by atoms with Crippen molar-refractivity contribution in [2.75, 3.05) is 20.2 Å². The number of nitrogens with one attached hydrogen (secondary N) is 1. The van der Waals surface area contributed by atoms with Gasteiger partial charge in [0.2, 0.25) is 0 Å². The maximum absolute atomic E-state index is 5.41. The lowest BCUT2D eigenvalue weighted by Crippen LogP contribution is -2.36. The molecule has 1 saturated heterocycles. The zero-order valence-electron chi connectivity index (χ0n) is 12.9. The molecule has 0 spiro atoms. The van der Waals surface area contributed by atoms with E-state index in [9.17, 15) is 0 Å². The first-order chi connectivity index (χ1) is 9.67. The second-order valence-corrected chi connectivity index (χ2v) is 5.87. The largest absolute Gasteiger partial charge is 0.381 e. The number of pyridine rings is 1. The molecule has 1 N–H and O–H groups in total. The van der Waals surface area contributed by atoms with E-state index in [1.807, 2.05) is 7.11 Å². The number of rotatable bonds is 6. The molecule has 1 fully saturated rings. The minimum absolute atomic E-state index is 0.445. The Hall–Kier alpha value is -0.970. The van der Waals surface area contributed by atoms with Gasteiger partial charge in [-0.3, -0.25) is 9.88 Å². The summed E-state index contributed by atoms with van der Waals surface area (Å²) >= 11 is 0. The Morgan fingerprint density at radius 2 is 2.00 bits per heavy atom. The van der Waals surface area contributed by atoms with Crippen LogP contribution in [0, 0.1) is 0 Å². The van der Waals surface area contributed by atoms with Crippen LogP contribution in [0.5, 0.6) is 0 Å². The van der Waals surface area contributed by atoms with Crippen molar-refractivity contribution in [3.63, 3.8) is 0 Å². The average molecular weight is 277 g/mol. The molecule has 0 amide bonds. The number of nitrogens with zero attached hydrogens (tertiary/aromatic N) is 2. The van der Waals surface area contributed by atoms with Crippen molar-refractivity contribution in [2.45, 2.75) is 51.9 Å². The van der Waals surface area contributed by atoms with Gasteiger partial charge in [0.05, 0.1) is 17.5 Å². The minimum atomic E-state index is 0.445. The van der Waals surface area contributed by atoms with E-state index in [0.29, 0.717) is 12.1 Å². The second-order valence-electron chi connectivity index (χ2n) is 5.87. The molecule has 4 heteroatoms. The van der Waals surface area contributed by atoms with Gasteiger partial charge in [-0.05, 0) is 25.0 Å². The molecular formula is C16H27N3O. The fourth-order valence-corrected chi connectivity index (χ4v) is 2.56. The van der Waals surface area contributed by atoms with Gasteiger partial charge in [0.25, 0.3) is 0 Å². The summed E-state index contributed by atoms with van der Waals surface area (Å²) in [5.41, 5.74) is 2.30. The Bertz CT molecular complexity index is 400. The van der Waals surface area contributed by atoms with Crippen LogP contribution in [-0.4, -0.2) is 42.2 Å². The summed E-state index contributed by atoms with van der Waals surface area (Å²) in [5, 5.41) is 3.41. The molecule has 1 aromatic rings. The fraction of sp³-hybridized carbons (Fsp3) is 0.688. The van der Waals surface area contributed by atoms with E-state index in [4.69, 9.17) is 9.72 Å². The highest BCUT2D eigenvalue weighted by Gasteiger charge is 2.18. The lowest BCUT2D eigenvalue weighted by molar-refractivity contribution is 0.0385. The van der Waals surface area contributed by atoms with Gasteiger partial charge in [0, 0.05) is 39.3 Å². The number of hydrogen-bond acceptors (Lipinski definition) is 4. The number of methoxy groups -OCH3 is 1. The van der Waals surface area contributed by atoms with Gasteiger partial charge in [0.1, 0.15) is 0 Å². The van der Waals surface area contributed by atoms with Gasteiger partial charge < -0.3 is 10.1 Å². The van der Waals surface area contributed by atoms with Crippen LogP contribution in [0.4, 0.5) is 0 Å². The van der Waals surface area contributed by atoms with Gasteiger partial charge in [0.15, 0.2) is 0 Å². The summed E-state index contributed by atoms with van der Waals surface area (Å²) in [6.45, 7) is 8.32. The zero-order chi connectivity index (χ0) is 14.4. The first-order valence-corrected chi connectivity index (χ1v) is 7.60. The normalized spacial score (nSPS) is 17.8. The molecule has 0 aromatic carbocycles. The number of ether oxygens (including phenoxy) is 1. The average Bonchev–Trinajstić information content (AvgIpc) is 2.46. The molecule has 0 aliphatic carbocycles. The maximum Gasteiger partial charge on any atom is 0.0595 e. The third kappa shape index (κ3) is 4.85. The third-order valence-corrected chi connectivity index (χ3v) is 3.81. The summed E-state index contributed by atoms with van der Waals surface area (Å²) in [6, 6.07) is 6.83. The summed E-state index contributed by atoms with van der Waals surface area (Å²) < 4.78 is 5.41. The van der Waals surface area contributed by atoms with E-state index in [2.05, 4.69) is 42.3 Å². The van der Waals surface area contributed by atoms with E-state index < -0.39 is 0 Å². The fourth-order valence-electron chi connectivity index (χ4n) is 2.56. The molecule has 112 valence electrons. The lowest BCUT2D eigenvalue weighted by Gasteiger charge is -2.30. The van der Waals surface area contributed by atoms with E-state index in [1.54, 1.807) is 0 Å². The molecule has 1 aliphatic heterocycles. The van der Waals surface area contributed by atoms with Crippen LogP contribution in [-0.2, 0) is 17.8 Å². The molecular weight excluding hydrogens is 250 g/mol. The summed E-state index contributed by atoms with van der Waals surface area (Å²) in [6.07, 6.45) is 2.71. The van der Waals surface area contributed by atoms with E-state index in [-0.39, 0.29) is 0 Å².